The first-order valence-electron chi connectivity index (χ1n) is 7.39. The average Bonchev–Trinajstić information content (AvgIpc) is 2.48. The number of piperidine rings is 1. The number of ether oxygens (including phenoxy) is 1. The fourth-order valence-corrected chi connectivity index (χ4v) is 2.73. The van der Waals surface area contributed by atoms with E-state index in [2.05, 4.69) is 14.9 Å². The monoisotopic (exact) mass is 293 g/mol. The molecule has 1 saturated heterocycles. The third kappa shape index (κ3) is 4.67. The predicted octanol–water partition coefficient (Wildman–Crippen LogP) is 1.87. The van der Waals surface area contributed by atoms with E-state index in [0.29, 0.717) is 11.9 Å². The van der Waals surface area contributed by atoms with Gasteiger partial charge in [0.2, 0.25) is 0 Å². The largest absolute Gasteiger partial charge is 0.481 e. The van der Waals surface area contributed by atoms with Gasteiger partial charge < -0.3 is 9.84 Å². The molecule has 21 heavy (non-hydrogen) atoms. The van der Waals surface area contributed by atoms with Gasteiger partial charge >= 0.3 is 12.0 Å². The molecule has 1 aliphatic heterocycles. The van der Waals surface area contributed by atoms with Gasteiger partial charge in [0.15, 0.2) is 0 Å². The van der Waals surface area contributed by atoms with E-state index in [1.807, 2.05) is 13.1 Å². The van der Waals surface area contributed by atoms with Crippen molar-refractivity contribution >= 4 is 5.97 Å². The standard InChI is InChI=1S/C15H23N3O3/c1-11-13(9-16-15(17-11)21-2)10-18-7-5-12(6-8-18)3-4-14(19)20/h9,12H,3-8,10H2,1-2H3,(H,19,20). The highest BCUT2D eigenvalue weighted by Gasteiger charge is 2.20. The van der Waals surface area contributed by atoms with E-state index in [0.717, 1.165) is 50.2 Å². The van der Waals surface area contributed by atoms with E-state index in [4.69, 9.17) is 9.84 Å². The van der Waals surface area contributed by atoms with Crippen molar-refractivity contribution in [2.75, 3.05) is 20.2 Å². The molecule has 1 fully saturated rings. The van der Waals surface area contributed by atoms with Gasteiger partial charge in [0, 0.05) is 30.4 Å². The molecule has 1 aromatic rings. The molecule has 0 spiro atoms. The number of aliphatic carboxylic acids is 1. The number of hydrogen-bond acceptors (Lipinski definition) is 5. The SMILES string of the molecule is COc1ncc(CN2CCC(CCC(=O)O)CC2)c(C)n1. The molecule has 2 rings (SSSR count). The van der Waals surface area contributed by atoms with E-state index in [-0.39, 0.29) is 6.42 Å². The van der Waals surface area contributed by atoms with Crippen molar-refractivity contribution in [3.8, 4) is 6.01 Å². The van der Waals surface area contributed by atoms with Gasteiger partial charge in [0.1, 0.15) is 0 Å². The summed E-state index contributed by atoms with van der Waals surface area (Å²) >= 11 is 0. The van der Waals surface area contributed by atoms with Gasteiger partial charge in [-0.1, -0.05) is 0 Å². The van der Waals surface area contributed by atoms with Gasteiger partial charge in [0.25, 0.3) is 0 Å². The second kappa shape index (κ2) is 7.36. The van der Waals surface area contributed by atoms with Crippen LogP contribution in [0, 0.1) is 12.8 Å². The molecular formula is C15H23N3O3. The molecule has 6 nitrogen and oxygen atoms in total. The maximum Gasteiger partial charge on any atom is 0.316 e. The quantitative estimate of drug-likeness (QED) is 0.863. The number of carbonyl (C=O) groups is 1. The molecule has 0 saturated carbocycles. The zero-order valence-electron chi connectivity index (χ0n) is 12.7. The summed E-state index contributed by atoms with van der Waals surface area (Å²) in [7, 11) is 1.57. The van der Waals surface area contributed by atoms with Gasteiger partial charge in [-0.15, -0.1) is 0 Å². The third-order valence-electron chi connectivity index (χ3n) is 4.11. The first-order chi connectivity index (χ1) is 10.1. The van der Waals surface area contributed by atoms with Crippen LogP contribution in [0.2, 0.25) is 0 Å². The molecule has 0 aliphatic carbocycles. The zero-order chi connectivity index (χ0) is 15.2. The first-order valence-corrected chi connectivity index (χ1v) is 7.39. The minimum absolute atomic E-state index is 0.288. The summed E-state index contributed by atoms with van der Waals surface area (Å²) in [6, 6.07) is 0.406. The molecule has 2 heterocycles. The van der Waals surface area contributed by atoms with E-state index in [9.17, 15) is 4.79 Å². The van der Waals surface area contributed by atoms with Gasteiger partial charge in [-0.3, -0.25) is 9.69 Å². The molecule has 116 valence electrons. The summed E-state index contributed by atoms with van der Waals surface area (Å²) in [4.78, 5) is 21.4. The van der Waals surface area contributed by atoms with E-state index in [1.54, 1.807) is 7.11 Å². The number of methoxy groups -OCH3 is 1. The molecule has 0 amide bonds. The Bertz CT molecular complexity index is 485. The highest BCUT2D eigenvalue weighted by atomic mass is 16.5. The van der Waals surface area contributed by atoms with Gasteiger partial charge in [-0.05, 0) is 45.2 Å². The van der Waals surface area contributed by atoms with Gasteiger partial charge in [-0.25, -0.2) is 9.97 Å². The fraction of sp³-hybridized carbons (Fsp3) is 0.667. The van der Waals surface area contributed by atoms with Crippen LogP contribution in [-0.2, 0) is 11.3 Å². The average molecular weight is 293 g/mol. The molecule has 1 N–H and O–H groups in total. The smallest absolute Gasteiger partial charge is 0.316 e. The summed E-state index contributed by atoms with van der Waals surface area (Å²) in [5.74, 6) is -0.144. The van der Waals surface area contributed by atoms with Crippen molar-refractivity contribution in [2.45, 2.75) is 39.2 Å². The lowest BCUT2D eigenvalue weighted by atomic mass is 9.92. The van der Waals surface area contributed by atoms with E-state index in [1.165, 1.54) is 0 Å². The second-order valence-corrected chi connectivity index (χ2v) is 5.62. The Hall–Kier alpha value is -1.69. The number of carboxylic acid groups (broad SMARTS) is 1. The second-order valence-electron chi connectivity index (χ2n) is 5.62. The van der Waals surface area contributed by atoms with Crippen molar-refractivity contribution in [3.63, 3.8) is 0 Å². The molecular weight excluding hydrogens is 270 g/mol. The van der Waals surface area contributed by atoms with Crippen molar-refractivity contribution in [3.05, 3.63) is 17.5 Å². The Morgan fingerprint density at radius 3 is 2.76 bits per heavy atom. The summed E-state index contributed by atoms with van der Waals surface area (Å²) in [5.41, 5.74) is 2.08. The summed E-state index contributed by atoms with van der Waals surface area (Å²) < 4.78 is 5.02. The van der Waals surface area contributed by atoms with E-state index >= 15 is 0 Å². The van der Waals surface area contributed by atoms with Crippen LogP contribution in [0.25, 0.3) is 0 Å². The molecule has 0 radical (unpaired) electrons. The molecule has 0 aromatic carbocycles. The number of likely N-dealkylation sites (tertiary alicyclic amines) is 1. The summed E-state index contributed by atoms with van der Waals surface area (Å²) in [6.07, 6.45) is 5.06. The van der Waals surface area contributed by atoms with Crippen LogP contribution in [0.1, 0.15) is 36.9 Å². The maximum atomic E-state index is 10.6. The summed E-state index contributed by atoms with van der Waals surface area (Å²) in [5, 5.41) is 8.73. The van der Waals surface area contributed by atoms with E-state index < -0.39 is 5.97 Å². The molecule has 0 unspecified atom stereocenters. The molecule has 1 aliphatic rings. The number of rotatable bonds is 6. The van der Waals surface area contributed by atoms with Crippen LogP contribution < -0.4 is 4.74 Å². The van der Waals surface area contributed by atoms with Crippen molar-refractivity contribution in [2.24, 2.45) is 5.92 Å². The van der Waals surface area contributed by atoms with Crippen LogP contribution in [-0.4, -0.2) is 46.1 Å². The maximum absolute atomic E-state index is 10.6. The van der Waals surface area contributed by atoms with Crippen LogP contribution in [0.5, 0.6) is 6.01 Å². The number of aromatic nitrogens is 2. The Balaban J connectivity index is 1.82. The van der Waals surface area contributed by atoms with Crippen LogP contribution in [0.4, 0.5) is 0 Å². The minimum Gasteiger partial charge on any atom is -0.481 e. The predicted molar refractivity (Wildman–Crippen MR) is 78.2 cm³/mol. The molecule has 0 bridgehead atoms. The first kappa shape index (κ1) is 15.7. The highest BCUT2D eigenvalue weighted by molar-refractivity contribution is 5.66. The Kier molecular flexibility index (Phi) is 5.50. The minimum atomic E-state index is -0.691. The number of hydrogen-bond donors (Lipinski definition) is 1. The topological polar surface area (TPSA) is 75.5 Å². The zero-order valence-corrected chi connectivity index (χ0v) is 12.7. The molecule has 1 aromatic heterocycles. The Morgan fingerprint density at radius 2 is 2.19 bits per heavy atom. The van der Waals surface area contributed by atoms with Crippen molar-refractivity contribution in [1.82, 2.24) is 14.9 Å². The van der Waals surface area contributed by atoms with Crippen LogP contribution >= 0.6 is 0 Å². The molecule has 0 atom stereocenters. The molecule has 6 heteroatoms. The van der Waals surface area contributed by atoms with Gasteiger partial charge in [-0.2, -0.15) is 0 Å². The van der Waals surface area contributed by atoms with Gasteiger partial charge in [0.05, 0.1) is 7.11 Å². The highest BCUT2D eigenvalue weighted by Crippen LogP contribution is 2.23. The lowest BCUT2D eigenvalue weighted by Gasteiger charge is -2.31. The number of aryl methyl sites for hydroxylation is 1. The fourth-order valence-electron chi connectivity index (χ4n) is 2.73. The third-order valence-corrected chi connectivity index (χ3v) is 4.11. The number of nitrogens with zero attached hydrogens (tertiary/aromatic N) is 3. The Morgan fingerprint density at radius 1 is 1.48 bits per heavy atom. The lowest BCUT2D eigenvalue weighted by molar-refractivity contribution is -0.137. The van der Waals surface area contributed by atoms with Crippen molar-refractivity contribution < 1.29 is 14.6 Å². The number of carboxylic acids is 1. The van der Waals surface area contributed by atoms with Crippen molar-refractivity contribution in [1.29, 1.82) is 0 Å². The summed E-state index contributed by atoms with van der Waals surface area (Å²) in [6.45, 7) is 4.84. The van der Waals surface area contributed by atoms with Crippen LogP contribution in [0.15, 0.2) is 6.20 Å². The van der Waals surface area contributed by atoms with Crippen LogP contribution in [0.3, 0.4) is 0 Å². The normalized spacial score (nSPS) is 16.9. The Labute approximate surface area is 125 Å². The lowest BCUT2D eigenvalue weighted by Crippen LogP contribution is -2.33.